The summed E-state index contributed by atoms with van der Waals surface area (Å²) >= 11 is 0. The average Bonchev–Trinajstić information content (AvgIpc) is 2.70. The van der Waals surface area contributed by atoms with Gasteiger partial charge < -0.3 is 24.2 Å². The van der Waals surface area contributed by atoms with Gasteiger partial charge in [0.05, 0.1) is 38.5 Å². The lowest BCUT2D eigenvalue weighted by molar-refractivity contribution is 0.00772. The van der Waals surface area contributed by atoms with Crippen molar-refractivity contribution in [3.8, 4) is 0 Å². The number of carbonyl (C=O) groups excluding carboxylic acids is 1. The molecule has 112 valence electrons. The third-order valence-electron chi connectivity index (χ3n) is 2.86. The molecule has 0 aromatic rings. The Morgan fingerprint density at radius 1 is 1.37 bits per heavy atom. The summed E-state index contributed by atoms with van der Waals surface area (Å²) in [5.74, 6) is 0. The van der Waals surface area contributed by atoms with Gasteiger partial charge in [0.2, 0.25) is 0 Å². The van der Waals surface area contributed by atoms with E-state index in [1.54, 1.807) is 12.0 Å². The van der Waals surface area contributed by atoms with Gasteiger partial charge in [0, 0.05) is 7.11 Å². The highest BCUT2D eigenvalue weighted by Gasteiger charge is 2.37. The van der Waals surface area contributed by atoms with E-state index in [9.17, 15) is 9.90 Å². The number of aliphatic hydroxyl groups excluding tert-OH is 1. The monoisotopic (exact) mass is 275 g/mol. The number of carbonyl (C=O) groups is 1. The molecule has 1 N–H and O–H groups in total. The molecule has 2 atom stereocenters. The number of amides is 1. The van der Waals surface area contributed by atoms with E-state index >= 15 is 0 Å². The fraction of sp³-hybridized carbons (Fsp3) is 0.923. The summed E-state index contributed by atoms with van der Waals surface area (Å²) < 4.78 is 15.8. The Labute approximate surface area is 114 Å². The van der Waals surface area contributed by atoms with Gasteiger partial charge in [0.1, 0.15) is 5.60 Å². The van der Waals surface area contributed by atoms with Crippen molar-refractivity contribution in [1.82, 2.24) is 4.90 Å². The molecule has 1 fully saturated rings. The Bertz CT molecular complexity index is 289. The molecule has 0 spiro atoms. The van der Waals surface area contributed by atoms with Crippen molar-refractivity contribution in [2.24, 2.45) is 0 Å². The first-order valence-corrected chi connectivity index (χ1v) is 6.58. The maximum atomic E-state index is 12.0. The molecular formula is C13H25NO5. The first-order chi connectivity index (χ1) is 8.87. The molecule has 0 aliphatic carbocycles. The largest absolute Gasteiger partial charge is 0.444 e. The van der Waals surface area contributed by atoms with Crippen molar-refractivity contribution in [1.29, 1.82) is 0 Å². The van der Waals surface area contributed by atoms with Gasteiger partial charge in [0.15, 0.2) is 0 Å². The number of hydrogen-bond donors (Lipinski definition) is 1. The van der Waals surface area contributed by atoms with Crippen molar-refractivity contribution < 1.29 is 24.1 Å². The van der Waals surface area contributed by atoms with Gasteiger partial charge in [-0.2, -0.15) is 0 Å². The van der Waals surface area contributed by atoms with Crippen LogP contribution in [-0.4, -0.2) is 67.3 Å². The minimum absolute atomic E-state index is 0.0696. The molecule has 0 saturated carbocycles. The second kappa shape index (κ2) is 7.07. The summed E-state index contributed by atoms with van der Waals surface area (Å²) in [5.41, 5.74) is -0.536. The zero-order chi connectivity index (χ0) is 14.5. The fourth-order valence-corrected chi connectivity index (χ4v) is 2.01. The van der Waals surface area contributed by atoms with Gasteiger partial charge in [-0.3, -0.25) is 0 Å². The van der Waals surface area contributed by atoms with E-state index in [0.29, 0.717) is 26.2 Å². The van der Waals surface area contributed by atoms with Crippen LogP contribution >= 0.6 is 0 Å². The van der Waals surface area contributed by atoms with Crippen LogP contribution in [0.1, 0.15) is 27.2 Å². The molecule has 19 heavy (non-hydrogen) atoms. The van der Waals surface area contributed by atoms with E-state index in [1.807, 2.05) is 20.8 Å². The SMILES string of the molecule is COCCO[C@@H]1C[C@@H](CO)N(C(=O)OC(C)(C)C)C1. The molecule has 1 aliphatic heterocycles. The molecule has 0 unspecified atom stereocenters. The number of likely N-dealkylation sites (tertiary alicyclic amines) is 1. The predicted molar refractivity (Wildman–Crippen MR) is 70.0 cm³/mol. The summed E-state index contributed by atoms with van der Waals surface area (Å²) in [6.07, 6.45) is 0.156. The molecule has 0 radical (unpaired) electrons. The number of methoxy groups -OCH3 is 1. The van der Waals surface area contributed by atoms with Crippen LogP contribution < -0.4 is 0 Å². The van der Waals surface area contributed by atoms with Crippen LogP contribution in [0.15, 0.2) is 0 Å². The Balaban J connectivity index is 2.50. The molecule has 1 saturated heterocycles. The molecular weight excluding hydrogens is 250 g/mol. The summed E-state index contributed by atoms with van der Waals surface area (Å²) in [7, 11) is 1.61. The molecule has 1 heterocycles. The van der Waals surface area contributed by atoms with Crippen molar-refractivity contribution in [2.45, 2.75) is 44.9 Å². The Hall–Kier alpha value is -0.850. The zero-order valence-electron chi connectivity index (χ0n) is 12.2. The van der Waals surface area contributed by atoms with E-state index in [-0.39, 0.29) is 18.8 Å². The lowest BCUT2D eigenvalue weighted by Gasteiger charge is -2.27. The average molecular weight is 275 g/mol. The van der Waals surface area contributed by atoms with E-state index in [1.165, 1.54) is 0 Å². The third-order valence-corrected chi connectivity index (χ3v) is 2.86. The smallest absolute Gasteiger partial charge is 0.410 e. The molecule has 1 aliphatic rings. The van der Waals surface area contributed by atoms with E-state index in [2.05, 4.69) is 0 Å². The van der Waals surface area contributed by atoms with Crippen molar-refractivity contribution in [3.05, 3.63) is 0 Å². The van der Waals surface area contributed by atoms with Gasteiger partial charge in [-0.15, -0.1) is 0 Å². The quantitative estimate of drug-likeness (QED) is 0.759. The van der Waals surface area contributed by atoms with E-state index < -0.39 is 11.7 Å². The minimum atomic E-state index is -0.536. The Morgan fingerprint density at radius 2 is 2.05 bits per heavy atom. The first-order valence-electron chi connectivity index (χ1n) is 6.58. The molecule has 0 aromatic carbocycles. The maximum absolute atomic E-state index is 12.0. The van der Waals surface area contributed by atoms with Crippen LogP contribution in [0.2, 0.25) is 0 Å². The topological polar surface area (TPSA) is 68.2 Å². The molecule has 1 amide bonds. The normalized spacial score (nSPS) is 23.7. The van der Waals surface area contributed by atoms with Crippen LogP contribution in [-0.2, 0) is 14.2 Å². The summed E-state index contributed by atoms with van der Waals surface area (Å²) in [6, 6.07) is -0.234. The molecule has 6 heteroatoms. The highest BCUT2D eigenvalue weighted by Crippen LogP contribution is 2.22. The lowest BCUT2D eigenvalue weighted by Crippen LogP contribution is -2.41. The highest BCUT2D eigenvalue weighted by molar-refractivity contribution is 5.69. The van der Waals surface area contributed by atoms with E-state index in [0.717, 1.165) is 0 Å². The van der Waals surface area contributed by atoms with Crippen molar-refractivity contribution in [2.75, 3.05) is 33.5 Å². The standard InChI is InChI=1S/C13H25NO5/c1-13(2,3)19-12(16)14-8-11(7-10(14)9-15)18-6-5-17-4/h10-11,15H,5-9H2,1-4H3/t10-,11+/m0/s1. The summed E-state index contributed by atoms with van der Waals surface area (Å²) in [4.78, 5) is 13.6. The van der Waals surface area contributed by atoms with Crippen LogP contribution in [0, 0.1) is 0 Å². The first kappa shape index (κ1) is 16.2. The highest BCUT2D eigenvalue weighted by atomic mass is 16.6. The zero-order valence-corrected chi connectivity index (χ0v) is 12.2. The van der Waals surface area contributed by atoms with Crippen LogP contribution in [0.5, 0.6) is 0 Å². The van der Waals surface area contributed by atoms with Gasteiger partial charge in [-0.05, 0) is 27.2 Å². The number of rotatable bonds is 5. The van der Waals surface area contributed by atoms with Crippen LogP contribution in [0.4, 0.5) is 4.79 Å². The van der Waals surface area contributed by atoms with Crippen molar-refractivity contribution >= 4 is 6.09 Å². The van der Waals surface area contributed by atoms with Gasteiger partial charge >= 0.3 is 6.09 Å². The number of ether oxygens (including phenoxy) is 3. The fourth-order valence-electron chi connectivity index (χ4n) is 2.01. The molecule has 0 bridgehead atoms. The van der Waals surface area contributed by atoms with E-state index in [4.69, 9.17) is 14.2 Å². The third kappa shape index (κ3) is 5.34. The van der Waals surface area contributed by atoms with Crippen LogP contribution in [0.3, 0.4) is 0 Å². The maximum Gasteiger partial charge on any atom is 0.410 e. The molecule has 0 aromatic heterocycles. The second-order valence-electron chi connectivity index (χ2n) is 5.69. The summed E-state index contributed by atoms with van der Waals surface area (Å²) in [5, 5.41) is 9.34. The second-order valence-corrected chi connectivity index (χ2v) is 5.69. The van der Waals surface area contributed by atoms with Crippen LogP contribution in [0.25, 0.3) is 0 Å². The number of hydrogen-bond acceptors (Lipinski definition) is 5. The number of nitrogens with zero attached hydrogens (tertiary/aromatic N) is 1. The lowest BCUT2D eigenvalue weighted by atomic mass is 10.2. The Morgan fingerprint density at radius 3 is 2.58 bits per heavy atom. The molecule has 6 nitrogen and oxygen atoms in total. The Kier molecular flexibility index (Phi) is 6.03. The van der Waals surface area contributed by atoms with Crippen molar-refractivity contribution in [3.63, 3.8) is 0 Å². The van der Waals surface area contributed by atoms with Gasteiger partial charge in [-0.25, -0.2) is 4.79 Å². The summed E-state index contributed by atoms with van der Waals surface area (Å²) in [6.45, 7) is 6.84. The predicted octanol–water partition coefficient (Wildman–Crippen LogP) is 1.02. The van der Waals surface area contributed by atoms with Gasteiger partial charge in [0.25, 0.3) is 0 Å². The molecule has 1 rings (SSSR count). The van der Waals surface area contributed by atoms with Gasteiger partial charge in [-0.1, -0.05) is 0 Å². The minimum Gasteiger partial charge on any atom is -0.444 e. The number of aliphatic hydroxyl groups is 1.